The zero-order chi connectivity index (χ0) is 10.9. The highest BCUT2D eigenvalue weighted by molar-refractivity contribution is 6.30. The third-order valence-electron chi connectivity index (χ3n) is 1.38. The van der Waals surface area contributed by atoms with Crippen molar-refractivity contribution in [2.45, 2.75) is 5.92 Å². The van der Waals surface area contributed by atoms with Crippen molar-refractivity contribution in [2.75, 3.05) is 0 Å². The summed E-state index contributed by atoms with van der Waals surface area (Å²) in [6.45, 7) is 0. The van der Waals surface area contributed by atoms with Crippen LogP contribution in [0.25, 0.3) is 0 Å². The number of rotatable bonds is 2. The molecule has 1 N–H and O–H groups in total. The standard InChI is InChI=1S/C8H5ClF2O2/c9-6-3-1-5(2-4-6)8(10,11)7(12)13/h1-4H,(H,12,13)/i1D. The average Bonchev–Trinajstić information content (AvgIpc) is 2.02. The average molecular weight is 208 g/mol. The third-order valence-corrected chi connectivity index (χ3v) is 1.62. The fraction of sp³-hybridized carbons (Fsp3) is 0.125. The van der Waals surface area contributed by atoms with E-state index in [2.05, 4.69) is 0 Å². The number of alkyl halides is 2. The second-order valence-electron chi connectivity index (χ2n) is 2.30. The molecule has 13 heavy (non-hydrogen) atoms. The summed E-state index contributed by atoms with van der Waals surface area (Å²) in [6, 6.07) is 2.32. The van der Waals surface area contributed by atoms with Crippen LogP contribution in [0.2, 0.25) is 5.02 Å². The first-order chi connectivity index (χ1) is 6.35. The van der Waals surface area contributed by atoms with Crippen molar-refractivity contribution < 1.29 is 20.1 Å². The fourth-order valence-electron chi connectivity index (χ4n) is 0.716. The van der Waals surface area contributed by atoms with Crippen LogP contribution in [0.1, 0.15) is 6.93 Å². The SMILES string of the molecule is [2H]c1cc(Cl)ccc1C(F)(F)C(=O)O. The summed E-state index contributed by atoms with van der Waals surface area (Å²) in [6.07, 6.45) is 0. The Morgan fingerprint density at radius 3 is 2.62 bits per heavy atom. The Hall–Kier alpha value is -1.16. The van der Waals surface area contributed by atoms with Crippen molar-refractivity contribution in [3.8, 4) is 0 Å². The molecule has 70 valence electrons. The summed E-state index contributed by atoms with van der Waals surface area (Å²) < 4.78 is 32.9. The quantitative estimate of drug-likeness (QED) is 0.809. The molecule has 0 radical (unpaired) electrons. The lowest BCUT2D eigenvalue weighted by atomic mass is 10.1. The van der Waals surface area contributed by atoms with Gasteiger partial charge in [0.2, 0.25) is 0 Å². The summed E-state index contributed by atoms with van der Waals surface area (Å²) in [5.41, 5.74) is -0.866. The first kappa shape index (κ1) is 8.44. The van der Waals surface area contributed by atoms with Crippen LogP contribution in [-0.2, 0) is 10.7 Å². The lowest BCUT2D eigenvalue weighted by molar-refractivity contribution is -0.166. The number of hydrogen-bond donors (Lipinski definition) is 1. The minimum Gasteiger partial charge on any atom is -0.477 e. The molecule has 0 amide bonds. The molecule has 0 aliphatic rings. The molecule has 0 aromatic heterocycles. The van der Waals surface area contributed by atoms with E-state index < -0.39 is 23.5 Å². The number of aliphatic carboxylic acids is 1. The van der Waals surface area contributed by atoms with Crippen LogP contribution >= 0.6 is 11.6 Å². The van der Waals surface area contributed by atoms with Gasteiger partial charge >= 0.3 is 11.9 Å². The Morgan fingerprint density at radius 2 is 2.15 bits per heavy atom. The van der Waals surface area contributed by atoms with Gasteiger partial charge in [0, 0.05) is 10.6 Å². The summed E-state index contributed by atoms with van der Waals surface area (Å²) in [5.74, 6) is -6.34. The summed E-state index contributed by atoms with van der Waals surface area (Å²) in [5, 5.41) is 8.33. The van der Waals surface area contributed by atoms with E-state index >= 15 is 0 Å². The molecule has 0 aliphatic heterocycles. The van der Waals surface area contributed by atoms with Crippen LogP contribution in [0.3, 0.4) is 0 Å². The molecular weight excluding hydrogens is 202 g/mol. The van der Waals surface area contributed by atoms with Crippen molar-refractivity contribution in [1.82, 2.24) is 0 Å². The van der Waals surface area contributed by atoms with Gasteiger partial charge in [0.25, 0.3) is 0 Å². The number of carbonyl (C=O) groups is 1. The number of carboxylic acid groups (broad SMARTS) is 1. The smallest absolute Gasteiger partial charge is 0.379 e. The summed E-state index contributed by atoms with van der Waals surface area (Å²) in [7, 11) is 0. The Balaban J connectivity index is 3.26. The highest BCUT2D eigenvalue weighted by Gasteiger charge is 2.40. The van der Waals surface area contributed by atoms with Crippen molar-refractivity contribution >= 4 is 17.6 Å². The number of hydrogen-bond acceptors (Lipinski definition) is 1. The molecule has 2 nitrogen and oxygen atoms in total. The van der Waals surface area contributed by atoms with Crippen LogP contribution in [0.5, 0.6) is 0 Å². The first-order valence-corrected chi connectivity index (χ1v) is 3.61. The van der Waals surface area contributed by atoms with Crippen LogP contribution in [-0.4, -0.2) is 11.1 Å². The van der Waals surface area contributed by atoms with Gasteiger partial charge in [-0.25, -0.2) is 4.79 Å². The van der Waals surface area contributed by atoms with Crippen molar-refractivity contribution in [3.05, 3.63) is 34.8 Å². The highest BCUT2D eigenvalue weighted by Crippen LogP contribution is 2.28. The highest BCUT2D eigenvalue weighted by atomic mass is 35.5. The van der Waals surface area contributed by atoms with E-state index in [9.17, 15) is 13.6 Å². The minimum atomic E-state index is -4.05. The molecule has 1 aromatic rings. The first-order valence-electron chi connectivity index (χ1n) is 3.73. The molecule has 0 spiro atoms. The second-order valence-corrected chi connectivity index (χ2v) is 2.74. The van der Waals surface area contributed by atoms with Crippen LogP contribution in [0.15, 0.2) is 24.2 Å². The molecule has 0 saturated carbocycles. The molecule has 0 aliphatic carbocycles. The summed E-state index contributed by atoms with van der Waals surface area (Å²) in [4.78, 5) is 10.2. The molecule has 0 heterocycles. The maximum Gasteiger partial charge on any atom is 0.379 e. The molecule has 1 aromatic carbocycles. The lowest BCUT2D eigenvalue weighted by Crippen LogP contribution is -2.25. The molecular formula is C8H5ClF2O2. The number of carboxylic acids is 1. The van der Waals surface area contributed by atoms with Crippen molar-refractivity contribution in [3.63, 3.8) is 0 Å². The third kappa shape index (κ3) is 1.95. The molecule has 0 unspecified atom stereocenters. The van der Waals surface area contributed by atoms with E-state index in [0.717, 1.165) is 18.2 Å². The van der Waals surface area contributed by atoms with Gasteiger partial charge in [-0.05, 0) is 12.1 Å². The maximum absolute atomic E-state index is 12.9. The monoisotopic (exact) mass is 207 g/mol. The normalized spacial score (nSPS) is 12.4. The van der Waals surface area contributed by atoms with Gasteiger partial charge in [-0.2, -0.15) is 8.78 Å². The molecule has 0 atom stereocenters. The molecule has 0 bridgehead atoms. The number of benzene rings is 1. The lowest BCUT2D eigenvalue weighted by Gasteiger charge is -2.10. The Morgan fingerprint density at radius 1 is 1.54 bits per heavy atom. The zero-order valence-electron chi connectivity index (χ0n) is 7.22. The van der Waals surface area contributed by atoms with Crippen LogP contribution in [0, 0.1) is 0 Å². The molecule has 0 fully saturated rings. The van der Waals surface area contributed by atoms with E-state index in [1.165, 1.54) is 0 Å². The zero-order valence-corrected chi connectivity index (χ0v) is 6.98. The topological polar surface area (TPSA) is 37.3 Å². The van der Waals surface area contributed by atoms with E-state index in [1.54, 1.807) is 0 Å². The fourth-order valence-corrected chi connectivity index (χ4v) is 0.834. The van der Waals surface area contributed by atoms with Crippen LogP contribution < -0.4 is 0 Å². The van der Waals surface area contributed by atoms with E-state index in [-0.39, 0.29) is 5.02 Å². The Kier molecular flexibility index (Phi) is 2.14. The Bertz CT molecular complexity index is 382. The number of halogens is 3. The molecule has 5 heteroatoms. The van der Waals surface area contributed by atoms with E-state index in [1.807, 2.05) is 0 Å². The van der Waals surface area contributed by atoms with Gasteiger partial charge < -0.3 is 5.11 Å². The largest absolute Gasteiger partial charge is 0.477 e. The maximum atomic E-state index is 12.9. The van der Waals surface area contributed by atoms with Gasteiger partial charge in [0.05, 0.1) is 1.37 Å². The van der Waals surface area contributed by atoms with Gasteiger partial charge in [0.1, 0.15) is 0 Å². The van der Waals surface area contributed by atoms with Crippen LogP contribution in [0.4, 0.5) is 8.78 Å². The predicted octanol–water partition coefficient (Wildman–Crippen LogP) is 2.52. The van der Waals surface area contributed by atoms with E-state index in [0.29, 0.717) is 0 Å². The Labute approximate surface area is 79.2 Å². The van der Waals surface area contributed by atoms with Gasteiger partial charge in [-0.3, -0.25) is 0 Å². The second kappa shape index (κ2) is 3.30. The van der Waals surface area contributed by atoms with Gasteiger partial charge in [-0.15, -0.1) is 0 Å². The van der Waals surface area contributed by atoms with Gasteiger partial charge in [0.15, 0.2) is 0 Å². The van der Waals surface area contributed by atoms with Gasteiger partial charge in [-0.1, -0.05) is 23.7 Å². The predicted molar refractivity (Wildman–Crippen MR) is 43.0 cm³/mol. The van der Waals surface area contributed by atoms with Crippen molar-refractivity contribution in [2.24, 2.45) is 0 Å². The van der Waals surface area contributed by atoms with Crippen molar-refractivity contribution in [1.29, 1.82) is 0 Å². The minimum absolute atomic E-state index is 0.111. The molecule has 0 saturated heterocycles. The molecule has 1 rings (SSSR count). The van der Waals surface area contributed by atoms with E-state index in [4.69, 9.17) is 18.1 Å². The summed E-state index contributed by atoms with van der Waals surface area (Å²) >= 11 is 5.43.